The first kappa shape index (κ1) is 57.2. The average Bonchev–Trinajstić information content (AvgIpc) is 3.76. The number of carboxylic acid groups (broad SMARTS) is 1. The predicted octanol–water partition coefficient (Wildman–Crippen LogP) is -1.01. The molecule has 0 aliphatic carbocycles. The second-order valence-electron chi connectivity index (χ2n) is 17.7. The van der Waals surface area contributed by atoms with E-state index in [1.807, 2.05) is 18.2 Å². The van der Waals surface area contributed by atoms with Crippen molar-refractivity contribution in [1.82, 2.24) is 42.2 Å². The molecule has 22 nitrogen and oxygen atoms in total. The third kappa shape index (κ3) is 17.2. The van der Waals surface area contributed by atoms with Crippen LogP contribution in [-0.2, 0) is 57.6 Å². The number of carboxylic acids is 1. The van der Waals surface area contributed by atoms with Crippen LogP contribution in [0.1, 0.15) is 49.8 Å². The van der Waals surface area contributed by atoms with Gasteiger partial charge in [0.1, 0.15) is 42.0 Å². The van der Waals surface area contributed by atoms with Crippen molar-refractivity contribution in [2.45, 2.75) is 113 Å². The van der Waals surface area contributed by atoms with E-state index < -0.39 is 108 Å². The Morgan fingerprint density at radius 2 is 1.34 bits per heavy atom. The second-order valence-corrected chi connectivity index (χ2v) is 20.2. The summed E-state index contributed by atoms with van der Waals surface area (Å²) in [5.74, 6) is -8.59. The third-order valence-corrected chi connectivity index (χ3v) is 14.3. The van der Waals surface area contributed by atoms with Crippen molar-refractivity contribution < 1.29 is 58.8 Å². The van der Waals surface area contributed by atoms with Gasteiger partial charge in [-0.15, -0.1) is 0 Å². The van der Waals surface area contributed by atoms with Gasteiger partial charge in [0.2, 0.25) is 41.4 Å². The number of aliphatic hydroxyl groups excluding tert-OH is 2. The fourth-order valence-corrected chi connectivity index (χ4v) is 10.1. The number of nitrogens with two attached hydrogens (primary N) is 2. The van der Waals surface area contributed by atoms with Crippen LogP contribution >= 0.6 is 21.6 Å². The molecule has 0 radical (unpaired) electrons. The van der Waals surface area contributed by atoms with E-state index in [4.69, 9.17) is 11.5 Å². The quantitative estimate of drug-likeness (QED) is 0.0445. The fourth-order valence-electron chi connectivity index (χ4n) is 7.79. The number of phenolic OH excluding ortho intramolecular Hbond substituents is 1. The summed E-state index contributed by atoms with van der Waals surface area (Å²) in [6.07, 6.45) is -1.03. The normalized spacial score (nSPS) is 22.5. The number of aromatic nitrogens is 1. The Bertz CT molecular complexity index is 2530. The zero-order valence-electron chi connectivity index (χ0n) is 40.2. The molecule has 1 aliphatic heterocycles. The molecule has 7 amide bonds. The van der Waals surface area contributed by atoms with Gasteiger partial charge in [-0.05, 0) is 81.0 Å². The van der Waals surface area contributed by atoms with Crippen molar-refractivity contribution in [1.29, 1.82) is 0 Å². The zero-order chi connectivity index (χ0) is 53.2. The van der Waals surface area contributed by atoms with Crippen molar-refractivity contribution in [3.8, 4) is 5.75 Å². The fraction of sp³-hybridized carbons (Fsp3) is 0.429. The molecule has 0 spiro atoms. The topological polar surface area (TPSA) is 370 Å². The van der Waals surface area contributed by atoms with E-state index in [0.29, 0.717) is 24.0 Å². The first-order valence-corrected chi connectivity index (χ1v) is 26.1. The third-order valence-electron chi connectivity index (χ3n) is 11.9. The van der Waals surface area contributed by atoms with Crippen LogP contribution in [0.4, 0.5) is 0 Å². The number of hydrogen-bond donors (Lipinski definition) is 14. The Kier molecular flexibility index (Phi) is 21.9. The Morgan fingerprint density at radius 3 is 2.00 bits per heavy atom. The first-order valence-electron chi connectivity index (χ1n) is 23.6. The van der Waals surface area contributed by atoms with E-state index >= 15 is 0 Å². The van der Waals surface area contributed by atoms with Gasteiger partial charge in [0.25, 0.3) is 0 Å². The summed E-state index contributed by atoms with van der Waals surface area (Å²) in [4.78, 5) is 115. The summed E-state index contributed by atoms with van der Waals surface area (Å²) < 4.78 is 0. The minimum absolute atomic E-state index is 0.0207. The highest BCUT2D eigenvalue weighted by atomic mass is 33.1. The number of benzene rings is 3. The van der Waals surface area contributed by atoms with Gasteiger partial charge in [-0.3, -0.25) is 33.6 Å². The van der Waals surface area contributed by atoms with Crippen molar-refractivity contribution in [2.24, 2.45) is 11.5 Å². The predicted molar refractivity (Wildman–Crippen MR) is 274 cm³/mol. The molecule has 1 aromatic heterocycles. The molecular weight excluding hydrogens is 985 g/mol. The minimum atomic E-state index is -1.82. The summed E-state index contributed by atoms with van der Waals surface area (Å²) in [6, 6.07) is 9.98. The molecule has 5 rings (SSSR count). The highest BCUT2D eigenvalue weighted by molar-refractivity contribution is 8.76. The van der Waals surface area contributed by atoms with Crippen LogP contribution in [0.15, 0.2) is 85.1 Å². The number of unbranched alkanes of at least 4 members (excludes halogenated alkanes) is 1. The SMILES string of the molecule is CC(O)[C@H](NC(=O)[C@@H]1CSSC[C@H](NC(=O)[C@H](N)Cc2ccccc2)C(=O)N[C@@H](Cc2ccc(O)cc2)C(=O)N[C@H](Cc2c[nH]c3ccccc23)C(=O)N[C@@H](CCCCN)C(=O)N[C@@H](C(C)O)C(=O)N1)C(=O)O. The van der Waals surface area contributed by atoms with Gasteiger partial charge in [-0.25, -0.2) is 4.79 Å². The number of carbonyl (C=O) groups is 8. The molecule has 24 heteroatoms. The monoisotopic (exact) mass is 1050 g/mol. The molecule has 73 heavy (non-hydrogen) atoms. The molecule has 10 atom stereocenters. The number of amides is 7. The maximum absolute atomic E-state index is 14.7. The molecule has 3 aromatic carbocycles. The molecule has 1 saturated heterocycles. The lowest BCUT2D eigenvalue weighted by Crippen LogP contribution is -2.62. The molecule has 0 saturated carbocycles. The number of hydrogen-bond acceptors (Lipinski definition) is 15. The minimum Gasteiger partial charge on any atom is -0.508 e. The molecule has 16 N–H and O–H groups in total. The number of rotatable bonds is 17. The van der Waals surface area contributed by atoms with Crippen LogP contribution in [-0.4, -0.2) is 151 Å². The summed E-state index contributed by atoms with van der Waals surface area (Å²) in [5, 5.41) is 59.6. The van der Waals surface area contributed by atoms with Crippen LogP contribution in [0.5, 0.6) is 5.75 Å². The molecule has 1 aliphatic rings. The van der Waals surface area contributed by atoms with Gasteiger partial charge in [-0.1, -0.05) is 82.3 Å². The van der Waals surface area contributed by atoms with Gasteiger partial charge in [-0.2, -0.15) is 0 Å². The number of fused-ring (bicyclic) bond motifs is 1. The molecule has 2 unspecified atom stereocenters. The first-order chi connectivity index (χ1) is 34.8. The number of phenols is 1. The number of H-pyrrole nitrogens is 1. The van der Waals surface area contributed by atoms with E-state index in [2.05, 4.69) is 42.2 Å². The van der Waals surface area contributed by atoms with E-state index in [-0.39, 0.29) is 49.5 Å². The van der Waals surface area contributed by atoms with E-state index in [1.165, 1.54) is 31.2 Å². The number of aliphatic carboxylic acids is 1. The van der Waals surface area contributed by atoms with E-state index in [9.17, 15) is 58.8 Å². The van der Waals surface area contributed by atoms with Crippen molar-refractivity contribution in [3.05, 3.63) is 102 Å². The number of aromatic hydroxyl groups is 1. The van der Waals surface area contributed by atoms with Gasteiger partial charge < -0.3 is 74.1 Å². The number of carbonyl (C=O) groups excluding carboxylic acids is 7. The lowest BCUT2D eigenvalue weighted by molar-refractivity contribution is -0.145. The van der Waals surface area contributed by atoms with Gasteiger partial charge in [0.05, 0.1) is 18.2 Å². The van der Waals surface area contributed by atoms with Gasteiger partial charge >= 0.3 is 5.97 Å². The maximum Gasteiger partial charge on any atom is 0.328 e. The second kappa shape index (κ2) is 27.9. The van der Waals surface area contributed by atoms with Crippen LogP contribution in [0.3, 0.4) is 0 Å². The zero-order valence-corrected chi connectivity index (χ0v) is 41.9. The largest absolute Gasteiger partial charge is 0.508 e. The molecule has 0 bridgehead atoms. The Balaban J connectivity index is 1.58. The Hall–Kier alpha value is -6.70. The standard InChI is InChI=1S/C49H64N10O12S2/c1-26(60)40-48(69)57-39(47(68)59-41(27(2)61)49(70)71)25-73-72-24-38(56-42(63)33(51)20-28-10-4-3-5-11-28)46(67)54-36(21-29-15-17-31(62)18-16-29)44(65)55-37(22-30-23-52-34-13-7-6-12-32(30)34)45(66)53-35(43(64)58-40)14-8-9-19-50/h3-7,10-13,15-18,23,26-27,33,35-41,52,60-62H,8-9,14,19-22,24-25,50-51H2,1-2H3,(H,53,66)(H,54,67)(H,55,65)(H,56,63)(H,57,69)(H,58,64)(H,59,68)(H,70,71)/t26?,27?,33-,35+,36+,37-,38+,39+,40+,41+/m1/s1. The highest BCUT2D eigenvalue weighted by Crippen LogP contribution is 2.25. The van der Waals surface area contributed by atoms with Crippen molar-refractivity contribution in [3.63, 3.8) is 0 Å². The summed E-state index contributed by atoms with van der Waals surface area (Å²) in [7, 11) is 1.86. The number of nitrogens with one attached hydrogen (secondary N) is 8. The molecular formula is C49H64N10O12S2. The van der Waals surface area contributed by atoms with Gasteiger partial charge in [0, 0.05) is 41.4 Å². The van der Waals surface area contributed by atoms with Crippen LogP contribution in [0.2, 0.25) is 0 Å². The van der Waals surface area contributed by atoms with Gasteiger partial charge in [0.15, 0.2) is 6.04 Å². The lowest BCUT2D eigenvalue weighted by Gasteiger charge is -2.29. The molecule has 4 aromatic rings. The maximum atomic E-state index is 14.7. The summed E-state index contributed by atoms with van der Waals surface area (Å²) >= 11 is 0. The highest BCUT2D eigenvalue weighted by Gasteiger charge is 2.37. The van der Waals surface area contributed by atoms with E-state index in [1.54, 1.807) is 42.6 Å². The Labute approximate surface area is 429 Å². The van der Waals surface area contributed by atoms with Crippen molar-refractivity contribution >= 4 is 79.8 Å². The van der Waals surface area contributed by atoms with Crippen LogP contribution < -0.4 is 48.7 Å². The number of aromatic amines is 1. The summed E-state index contributed by atoms with van der Waals surface area (Å²) in [5.41, 5.74) is 14.7. The Morgan fingerprint density at radius 1 is 0.726 bits per heavy atom. The lowest BCUT2D eigenvalue weighted by atomic mass is 10.0. The summed E-state index contributed by atoms with van der Waals surface area (Å²) in [6.45, 7) is 2.56. The molecule has 2 heterocycles. The molecule has 1 fully saturated rings. The van der Waals surface area contributed by atoms with Crippen molar-refractivity contribution in [2.75, 3.05) is 18.1 Å². The van der Waals surface area contributed by atoms with Crippen LogP contribution in [0.25, 0.3) is 10.9 Å². The number of aliphatic hydroxyl groups is 2. The smallest absolute Gasteiger partial charge is 0.328 e. The van der Waals surface area contributed by atoms with Crippen LogP contribution in [0, 0.1) is 0 Å². The average molecular weight is 1050 g/mol. The molecule has 394 valence electrons. The van der Waals surface area contributed by atoms with E-state index in [0.717, 1.165) is 45.0 Å². The number of para-hydroxylation sites is 1.